The van der Waals surface area contributed by atoms with Crippen LogP contribution in [-0.2, 0) is 4.79 Å². The largest absolute Gasteiger partial charge is 0.497 e. The van der Waals surface area contributed by atoms with E-state index in [1.807, 2.05) is 43.3 Å². The zero-order valence-electron chi connectivity index (χ0n) is 15.7. The molecule has 0 radical (unpaired) electrons. The Balaban J connectivity index is 1.88. The quantitative estimate of drug-likeness (QED) is 0.727. The number of halogens is 1. The molecule has 0 aliphatic rings. The van der Waals surface area contributed by atoms with E-state index < -0.39 is 0 Å². The Kier molecular flexibility index (Phi) is 7.64. The Morgan fingerprint density at radius 1 is 1.07 bits per heavy atom. The molecule has 7 heteroatoms. The molecule has 6 nitrogen and oxygen atoms in total. The van der Waals surface area contributed by atoms with Gasteiger partial charge in [-0.3, -0.25) is 9.59 Å². The van der Waals surface area contributed by atoms with Gasteiger partial charge in [0.2, 0.25) is 5.91 Å². The summed E-state index contributed by atoms with van der Waals surface area (Å²) in [5.41, 5.74) is 1.40. The van der Waals surface area contributed by atoms with Crippen LogP contribution < -0.4 is 15.4 Å². The van der Waals surface area contributed by atoms with Gasteiger partial charge in [-0.1, -0.05) is 35.9 Å². The second-order valence-corrected chi connectivity index (χ2v) is 6.63. The molecule has 0 spiro atoms. The normalized spacial score (nSPS) is 11.7. The third kappa shape index (κ3) is 5.98. The molecular weight excluding hydrogens is 366 g/mol. The van der Waals surface area contributed by atoms with Crippen molar-refractivity contribution in [2.75, 3.05) is 34.3 Å². The van der Waals surface area contributed by atoms with Crippen molar-refractivity contribution >= 4 is 23.4 Å². The number of ether oxygens (including phenoxy) is 1. The highest BCUT2D eigenvalue weighted by Gasteiger charge is 2.16. The average Bonchev–Trinajstić information content (AvgIpc) is 2.67. The molecule has 2 amide bonds. The summed E-state index contributed by atoms with van der Waals surface area (Å²) >= 11 is 5.99. The van der Waals surface area contributed by atoms with Gasteiger partial charge in [0.1, 0.15) is 5.75 Å². The highest BCUT2D eigenvalue weighted by Crippen LogP contribution is 2.20. The number of hydrogen-bond acceptors (Lipinski definition) is 4. The minimum Gasteiger partial charge on any atom is -0.497 e. The highest BCUT2D eigenvalue weighted by molar-refractivity contribution is 6.33. The lowest BCUT2D eigenvalue weighted by Gasteiger charge is -2.25. The molecule has 0 aromatic heterocycles. The van der Waals surface area contributed by atoms with Crippen LogP contribution in [0.3, 0.4) is 0 Å². The SMILES string of the molecule is COc1ccc(C(CNC(=O)CNC(=O)c2ccccc2Cl)N(C)C)cc1. The molecule has 0 bridgehead atoms. The third-order valence-electron chi connectivity index (χ3n) is 4.14. The third-order valence-corrected chi connectivity index (χ3v) is 4.47. The maximum absolute atomic E-state index is 12.1. The first kappa shape index (κ1) is 20.7. The topological polar surface area (TPSA) is 70.7 Å². The van der Waals surface area contributed by atoms with Gasteiger partial charge in [-0.05, 0) is 43.9 Å². The predicted octanol–water partition coefficient (Wildman–Crippen LogP) is 2.50. The second kappa shape index (κ2) is 9.94. The molecule has 1 unspecified atom stereocenters. The van der Waals surface area contributed by atoms with Crippen LogP contribution in [0.5, 0.6) is 5.75 Å². The van der Waals surface area contributed by atoms with Crippen LogP contribution in [0.2, 0.25) is 5.02 Å². The molecule has 144 valence electrons. The lowest BCUT2D eigenvalue weighted by Crippen LogP contribution is -2.40. The summed E-state index contributed by atoms with van der Waals surface area (Å²) in [6, 6.07) is 14.4. The fourth-order valence-corrected chi connectivity index (χ4v) is 2.82. The van der Waals surface area contributed by atoms with Crippen molar-refractivity contribution < 1.29 is 14.3 Å². The first-order valence-electron chi connectivity index (χ1n) is 8.52. The van der Waals surface area contributed by atoms with Crippen LogP contribution in [0.4, 0.5) is 0 Å². The Hall–Kier alpha value is -2.57. The van der Waals surface area contributed by atoms with E-state index in [0.29, 0.717) is 17.1 Å². The summed E-state index contributed by atoms with van der Waals surface area (Å²) in [6.45, 7) is 0.299. The van der Waals surface area contributed by atoms with Gasteiger partial charge in [0, 0.05) is 6.54 Å². The molecule has 2 rings (SSSR count). The summed E-state index contributed by atoms with van der Waals surface area (Å²) in [4.78, 5) is 26.2. The van der Waals surface area contributed by atoms with E-state index in [9.17, 15) is 9.59 Å². The fraction of sp³-hybridized carbons (Fsp3) is 0.300. The van der Waals surface area contributed by atoms with Crippen LogP contribution in [0.1, 0.15) is 22.0 Å². The number of carbonyl (C=O) groups excluding carboxylic acids is 2. The minimum absolute atomic E-state index is 0.000810. The van der Waals surface area contributed by atoms with Gasteiger partial charge >= 0.3 is 0 Å². The Morgan fingerprint density at radius 2 is 1.74 bits per heavy atom. The van der Waals surface area contributed by atoms with Crippen LogP contribution in [-0.4, -0.2) is 51.0 Å². The molecule has 2 aromatic carbocycles. The molecule has 2 N–H and O–H groups in total. The molecule has 0 heterocycles. The smallest absolute Gasteiger partial charge is 0.253 e. The van der Waals surface area contributed by atoms with Crippen molar-refractivity contribution in [3.05, 3.63) is 64.7 Å². The summed E-state index contributed by atoms with van der Waals surface area (Å²) in [5.74, 6) is 0.133. The summed E-state index contributed by atoms with van der Waals surface area (Å²) in [7, 11) is 5.51. The molecule has 0 saturated carbocycles. The minimum atomic E-state index is -0.380. The van der Waals surface area contributed by atoms with Gasteiger partial charge < -0.3 is 20.3 Å². The number of carbonyl (C=O) groups is 2. The molecule has 0 fully saturated rings. The Morgan fingerprint density at radius 3 is 2.33 bits per heavy atom. The number of rotatable bonds is 8. The van der Waals surface area contributed by atoms with E-state index in [2.05, 4.69) is 10.6 Å². The van der Waals surface area contributed by atoms with Crippen molar-refractivity contribution in [3.8, 4) is 5.75 Å². The van der Waals surface area contributed by atoms with E-state index >= 15 is 0 Å². The maximum atomic E-state index is 12.1. The Bertz CT molecular complexity index is 778. The standard InChI is InChI=1S/C20H24ClN3O3/c1-24(2)18(14-8-10-15(27-3)11-9-14)12-22-19(25)13-23-20(26)16-6-4-5-7-17(16)21/h4-11,18H,12-13H2,1-3H3,(H,22,25)(H,23,26). The van der Waals surface area contributed by atoms with E-state index in [4.69, 9.17) is 16.3 Å². The Labute approximate surface area is 164 Å². The van der Waals surface area contributed by atoms with Gasteiger partial charge in [0.15, 0.2) is 0 Å². The summed E-state index contributed by atoms with van der Waals surface area (Å²) in [6.07, 6.45) is 0. The van der Waals surface area contributed by atoms with Crippen LogP contribution >= 0.6 is 11.6 Å². The zero-order chi connectivity index (χ0) is 19.8. The molecule has 1 atom stereocenters. The first-order valence-corrected chi connectivity index (χ1v) is 8.90. The lowest BCUT2D eigenvalue weighted by molar-refractivity contribution is -0.120. The number of benzene rings is 2. The molecule has 0 aliphatic heterocycles. The van der Waals surface area contributed by atoms with E-state index in [-0.39, 0.29) is 24.4 Å². The van der Waals surface area contributed by atoms with Crippen molar-refractivity contribution in [1.29, 1.82) is 0 Å². The number of amides is 2. The van der Waals surface area contributed by atoms with Gasteiger partial charge in [0.05, 0.1) is 30.3 Å². The summed E-state index contributed by atoms with van der Waals surface area (Å²) < 4.78 is 5.17. The maximum Gasteiger partial charge on any atom is 0.253 e. The number of likely N-dealkylation sites (N-methyl/N-ethyl adjacent to an activating group) is 1. The summed E-state index contributed by atoms with van der Waals surface area (Å²) in [5, 5.41) is 5.78. The molecular formula is C20H24ClN3O3. The van der Waals surface area contributed by atoms with Gasteiger partial charge in [-0.2, -0.15) is 0 Å². The van der Waals surface area contributed by atoms with Crippen molar-refractivity contribution in [1.82, 2.24) is 15.5 Å². The van der Waals surface area contributed by atoms with Crippen LogP contribution in [0.25, 0.3) is 0 Å². The van der Waals surface area contributed by atoms with Crippen LogP contribution in [0.15, 0.2) is 48.5 Å². The number of methoxy groups -OCH3 is 1. The van der Waals surface area contributed by atoms with Crippen LogP contribution in [0, 0.1) is 0 Å². The zero-order valence-corrected chi connectivity index (χ0v) is 16.4. The second-order valence-electron chi connectivity index (χ2n) is 6.22. The van der Waals surface area contributed by atoms with E-state index in [1.54, 1.807) is 31.4 Å². The first-order chi connectivity index (χ1) is 12.9. The lowest BCUT2D eigenvalue weighted by atomic mass is 10.1. The van der Waals surface area contributed by atoms with Gasteiger partial charge in [0.25, 0.3) is 5.91 Å². The molecule has 0 aliphatic carbocycles. The van der Waals surface area contributed by atoms with E-state index in [1.165, 1.54) is 0 Å². The van der Waals surface area contributed by atoms with Crippen molar-refractivity contribution in [3.63, 3.8) is 0 Å². The fourth-order valence-electron chi connectivity index (χ4n) is 2.60. The van der Waals surface area contributed by atoms with Crippen molar-refractivity contribution in [2.45, 2.75) is 6.04 Å². The number of hydrogen-bond donors (Lipinski definition) is 2. The highest BCUT2D eigenvalue weighted by atomic mass is 35.5. The van der Waals surface area contributed by atoms with Crippen molar-refractivity contribution in [2.24, 2.45) is 0 Å². The predicted molar refractivity (Wildman–Crippen MR) is 106 cm³/mol. The molecule has 2 aromatic rings. The van der Waals surface area contributed by atoms with Gasteiger partial charge in [-0.25, -0.2) is 0 Å². The molecule has 0 saturated heterocycles. The van der Waals surface area contributed by atoms with E-state index in [0.717, 1.165) is 11.3 Å². The monoisotopic (exact) mass is 389 g/mol. The van der Waals surface area contributed by atoms with Gasteiger partial charge in [-0.15, -0.1) is 0 Å². The molecule has 27 heavy (non-hydrogen) atoms. The number of nitrogens with one attached hydrogen (secondary N) is 2. The average molecular weight is 390 g/mol. The number of nitrogens with zero attached hydrogens (tertiary/aromatic N) is 1.